The predicted octanol–water partition coefficient (Wildman–Crippen LogP) is 3.87. The van der Waals surface area contributed by atoms with Crippen LogP contribution in [0, 0.1) is 5.82 Å². The molecule has 0 radical (unpaired) electrons. The van der Waals surface area contributed by atoms with Crippen LogP contribution in [0.1, 0.15) is 29.8 Å². The van der Waals surface area contributed by atoms with Gasteiger partial charge in [0.05, 0.1) is 41.4 Å². The number of carbonyl (C=O) groups is 1. The zero-order valence-electron chi connectivity index (χ0n) is 22.5. The molecule has 0 saturated carbocycles. The molecule has 9 nitrogen and oxygen atoms in total. The molecule has 1 unspecified atom stereocenters. The van der Waals surface area contributed by atoms with Gasteiger partial charge in [-0.1, -0.05) is 6.07 Å². The fourth-order valence-electron chi connectivity index (χ4n) is 5.27. The van der Waals surface area contributed by atoms with E-state index in [2.05, 4.69) is 20.6 Å². The number of ether oxygens (including phenoxy) is 1. The molecule has 13 heteroatoms. The first-order chi connectivity index (χ1) is 19.5. The summed E-state index contributed by atoms with van der Waals surface area (Å²) in [6, 6.07) is 8.26. The second-order valence-corrected chi connectivity index (χ2v) is 10.3. The van der Waals surface area contributed by atoms with Crippen LogP contribution < -0.4 is 26.0 Å². The minimum atomic E-state index is -4.94. The summed E-state index contributed by atoms with van der Waals surface area (Å²) in [7, 11) is 0. The molecule has 1 aromatic carbocycles. The van der Waals surface area contributed by atoms with Crippen LogP contribution in [0.3, 0.4) is 0 Å². The molecule has 2 atom stereocenters. The molecular formula is C28H30F4N6O3. The molecule has 3 N–H and O–H groups in total. The number of nitrogens with one attached hydrogen (secondary N) is 3. The minimum absolute atomic E-state index is 0.0351. The van der Waals surface area contributed by atoms with Crippen LogP contribution in [0.15, 0.2) is 47.4 Å². The number of alkyl halides is 3. The number of amides is 1. The Labute approximate surface area is 233 Å². The molecule has 1 amide bonds. The van der Waals surface area contributed by atoms with Crippen molar-refractivity contribution in [1.29, 1.82) is 0 Å². The van der Waals surface area contributed by atoms with E-state index in [1.807, 2.05) is 29.7 Å². The van der Waals surface area contributed by atoms with Gasteiger partial charge in [-0.3, -0.25) is 9.59 Å². The largest absolute Gasteiger partial charge is 0.417 e. The number of anilines is 3. The van der Waals surface area contributed by atoms with Crippen molar-refractivity contribution in [3.05, 3.63) is 69.9 Å². The van der Waals surface area contributed by atoms with Crippen molar-refractivity contribution in [3.8, 4) is 11.3 Å². The molecule has 0 bridgehead atoms. The fourth-order valence-corrected chi connectivity index (χ4v) is 5.27. The summed E-state index contributed by atoms with van der Waals surface area (Å²) in [6.07, 6.45) is -4.21. The van der Waals surface area contributed by atoms with Gasteiger partial charge in [0.15, 0.2) is 0 Å². The van der Waals surface area contributed by atoms with Crippen LogP contribution in [0.4, 0.5) is 34.8 Å². The van der Waals surface area contributed by atoms with Gasteiger partial charge in [0.25, 0.3) is 5.91 Å². The quantitative estimate of drug-likeness (QED) is 0.398. The van der Waals surface area contributed by atoms with E-state index in [1.165, 1.54) is 12.1 Å². The molecule has 2 aliphatic rings. The first kappa shape index (κ1) is 28.6. The van der Waals surface area contributed by atoms with E-state index >= 15 is 4.39 Å². The zero-order valence-corrected chi connectivity index (χ0v) is 22.5. The van der Waals surface area contributed by atoms with Gasteiger partial charge >= 0.3 is 6.18 Å². The van der Waals surface area contributed by atoms with Crippen molar-refractivity contribution in [3.63, 3.8) is 0 Å². The minimum Gasteiger partial charge on any atom is -0.378 e. The summed E-state index contributed by atoms with van der Waals surface area (Å²) in [5.74, 6) is -1.06. The lowest BCUT2D eigenvalue weighted by atomic mass is 10.0. The van der Waals surface area contributed by atoms with Gasteiger partial charge in [-0.15, -0.1) is 0 Å². The third-order valence-corrected chi connectivity index (χ3v) is 7.05. The van der Waals surface area contributed by atoms with Crippen LogP contribution in [0.25, 0.3) is 11.3 Å². The van der Waals surface area contributed by atoms with Gasteiger partial charge in [0.2, 0.25) is 5.56 Å². The molecule has 3 aromatic rings. The van der Waals surface area contributed by atoms with Crippen molar-refractivity contribution in [1.82, 2.24) is 15.3 Å². The number of H-pyrrole nitrogens is 1. The molecule has 218 valence electrons. The van der Waals surface area contributed by atoms with Crippen LogP contribution in [-0.4, -0.2) is 67.4 Å². The number of aromatic nitrogens is 2. The average Bonchev–Trinajstić information content (AvgIpc) is 2.93. The number of benzene rings is 1. The maximum atomic E-state index is 15.7. The molecule has 0 spiro atoms. The van der Waals surface area contributed by atoms with Crippen molar-refractivity contribution in [2.45, 2.75) is 32.1 Å². The van der Waals surface area contributed by atoms with Crippen molar-refractivity contribution in [2.75, 3.05) is 54.5 Å². The lowest BCUT2D eigenvalue weighted by Crippen LogP contribution is -2.54. The number of piperazine rings is 1. The van der Waals surface area contributed by atoms with Crippen LogP contribution in [0.5, 0.6) is 0 Å². The van der Waals surface area contributed by atoms with E-state index in [0.29, 0.717) is 62.7 Å². The molecule has 2 fully saturated rings. The highest BCUT2D eigenvalue weighted by Crippen LogP contribution is 2.36. The Bertz CT molecular complexity index is 1480. The monoisotopic (exact) mass is 574 g/mol. The molecule has 5 rings (SSSR count). The molecule has 2 aromatic heterocycles. The van der Waals surface area contributed by atoms with Crippen LogP contribution in [0.2, 0.25) is 0 Å². The predicted molar refractivity (Wildman–Crippen MR) is 147 cm³/mol. The van der Waals surface area contributed by atoms with E-state index in [0.717, 1.165) is 6.20 Å². The SMILES string of the molecule is CC1CN(c2cc(F)c(-c3cccc(N4CCOCC4)n3)cc2NC(=O)c2c[nH]c(=O)cc2C(F)(F)F)C[C@@H](C)N1. The maximum Gasteiger partial charge on any atom is 0.417 e. The van der Waals surface area contributed by atoms with E-state index in [9.17, 15) is 22.8 Å². The molecule has 2 aliphatic heterocycles. The van der Waals surface area contributed by atoms with Gasteiger partial charge in [0.1, 0.15) is 11.6 Å². The highest BCUT2D eigenvalue weighted by molar-refractivity contribution is 6.07. The van der Waals surface area contributed by atoms with Crippen molar-refractivity contribution < 1.29 is 27.1 Å². The van der Waals surface area contributed by atoms with Crippen molar-refractivity contribution >= 4 is 23.1 Å². The summed E-state index contributed by atoms with van der Waals surface area (Å²) >= 11 is 0. The third kappa shape index (κ3) is 6.35. The first-order valence-corrected chi connectivity index (χ1v) is 13.3. The molecule has 2 saturated heterocycles. The Morgan fingerprint density at radius 1 is 1.07 bits per heavy atom. The van der Waals surface area contributed by atoms with E-state index in [4.69, 9.17) is 4.74 Å². The Balaban J connectivity index is 1.57. The molecule has 41 heavy (non-hydrogen) atoms. The first-order valence-electron chi connectivity index (χ1n) is 13.3. The lowest BCUT2D eigenvalue weighted by Gasteiger charge is -2.38. The highest BCUT2D eigenvalue weighted by Gasteiger charge is 2.36. The number of hydrogen-bond donors (Lipinski definition) is 3. The van der Waals surface area contributed by atoms with Crippen molar-refractivity contribution in [2.24, 2.45) is 0 Å². The second-order valence-electron chi connectivity index (χ2n) is 10.3. The van der Waals surface area contributed by atoms with Gasteiger partial charge < -0.3 is 30.2 Å². The summed E-state index contributed by atoms with van der Waals surface area (Å²) < 4.78 is 62.2. The molecule has 4 heterocycles. The number of rotatable bonds is 5. The number of morpholine rings is 1. The standard InChI is InChI=1S/C28H30F4N6O3/c1-16-14-38(15-17(2)34-16)24-12-21(29)18(22-4-3-5-25(35-22)37-6-8-41-9-7-37)10-23(24)36-27(40)19-13-33-26(39)11-20(19)28(30,31)32/h3-5,10-13,16-17,34H,6-9,14-15H2,1-2H3,(H,33,39)(H,36,40)/t16-,17?/m1/s1. The average molecular weight is 575 g/mol. The maximum absolute atomic E-state index is 15.7. The summed E-state index contributed by atoms with van der Waals surface area (Å²) in [6.45, 7) is 7.20. The van der Waals surface area contributed by atoms with Gasteiger partial charge in [-0.2, -0.15) is 13.2 Å². The second kappa shape index (κ2) is 11.5. The lowest BCUT2D eigenvalue weighted by molar-refractivity contribution is -0.138. The highest BCUT2D eigenvalue weighted by atomic mass is 19.4. The van der Waals surface area contributed by atoms with Gasteiger partial charge in [-0.05, 0) is 38.1 Å². The number of hydrogen-bond acceptors (Lipinski definition) is 7. The topological polar surface area (TPSA) is 103 Å². The summed E-state index contributed by atoms with van der Waals surface area (Å²) in [5, 5.41) is 5.94. The number of carbonyl (C=O) groups excluding carboxylic acids is 1. The van der Waals surface area contributed by atoms with E-state index in [1.54, 1.807) is 12.1 Å². The number of halogens is 4. The summed E-state index contributed by atoms with van der Waals surface area (Å²) in [5.41, 5.74) is -2.31. The Hall–Kier alpha value is -3.97. The Morgan fingerprint density at radius 2 is 1.78 bits per heavy atom. The normalized spacial score (nSPS) is 19.8. The number of pyridine rings is 2. The number of nitrogens with zero attached hydrogens (tertiary/aromatic N) is 3. The van der Waals surface area contributed by atoms with Gasteiger partial charge in [-0.25, -0.2) is 9.37 Å². The molecular weight excluding hydrogens is 544 g/mol. The smallest absolute Gasteiger partial charge is 0.378 e. The van der Waals surface area contributed by atoms with E-state index in [-0.39, 0.29) is 23.3 Å². The Morgan fingerprint density at radius 3 is 2.46 bits per heavy atom. The van der Waals surface area contributed by atoms with Crippen LogP contribution >= 0.6 is 0 Å². The van der Waals surface area contributed by atoms with E-state index < -0.39 is 34.6 Å². The molecule has 0 aliphatic carbocycles. The zero-order chi connectivity index (χ0) is 29.3. The fraction of sp³-hybridized carbons (Fsp3) is 0.393. The Kier molecular flexibility index (Phi) is 8.00. The summed E-state index contributed by atoms with van der Waals surface area (Å²) in [4.78, 5) is 35.5. The number of aromatic amines is 1. The third-order valence-electron chi connectivity index (χ3n) is 7.05. The van der Waals surface area contributed by atoms with Gasteiger partial charge in [0, 0.05) is 56.1 Å². The van der Waals surface area contributed by atoms with Crippen LogP contribution in [-0.2, 0) is 10.9 Å².